The van der Waals surface area contributed by atoms with Gasteiger partial charge in [0.2, 0.25) is 0 Å². The predicted molar refractivity (Wildman–Crippen MR) is 48.2 cm³/mol. The van der Waals surface area contributed by atoms with E-state index in [-0.39, 0.29) is 11.9 Å². The second kappa shape index (κ2) is 6.45. The van der Waals surface area contributed by atoms with Gasteiger partial charge in [0.1, 0.15) is 0 Å². The van der Waals surface area contributed by atoms with Crippen molar-refractivity contribution in [3.05, 3.63) is 0 Å². The summed E-state index contributed by atoms with van der Waals surface area (Å²) in [6, 6.07) is -0.196. The fraction of sp³-hybridized carbons (Fsp3) is 0.714. The molecule has 5 N–H and O–H groups in total. The molecule has 0 saturated heterocycles. The van der Waals surface area contributed by atoms with Crippen LogP contribution in [0, 0.1) is 5.41 Å². The Hall–Kier alpha value is -1.26. The van der Waals surface area contributed by atoms with Crippen LogP contribution in [0.4, 0.5) is 4.79 Å². The molecule has 0 atom stereocenters. The molecule has 12 heavy (non-hydrogen) atoms. The van der Waals surface area contributed by atoms with Crippen molar-refractivity contribution in [1.29, 1.82) is 5.41 Å². The number of amidine groups is 1. The van der Waals surface area contributed by atoms with E-state index in [4.69, 9.17) is 11.1 Å². The van der Waals surface area contributed by atoms with Crippen molar-refractivity contribution in [1.82, 2.24) is 10.6 Å². The summed E-state index contributed by atoms with van der Waals surface area (Å²) in [4.78, 5) is 10.8. The summed E-state index contributed by atoms with van der Waals surface area (Å²) in [6.07, 6.45) is 1.32. The molecular formula is C7H16N4O. The van der Waals surface area contributed by atoms with E-state index >= 15 is 0 Å². The highest BCUT2D eigenvalue weighted by atomic mass is 16.2. The Bertz CT molecular complexity index is 157. The summed E-state index contributed by atoms with van der Waals surface area (Å²) in [5, 5.41) is 12.1. The maximum Gasteiger partial charge on any atom is 0.314 e. The topological polar surface area (TPSA) is 91.0 Å². The summed E-state index contributed by atoms with van der Waals surface area (Å²) >= 11 is 0. The lowest BCUT2D eigenvalue weighted by Crippen LogP contribution is -2.37. The zero-order valence-corrected chi connectivity index (χ0v) is 7.31. The van der Waals surface area contributed by atoms with Crippen molar-refractivity contribution < 1.29 is 4.79 Å². The van der Waals surface area contributed by atoms with Crippen LogP contribution >= 0.6 is 0 Å². The molecule has 70 valence electrons. The molecule has 0 aliphatic carbocycles. The van der Waals surface area contributed by atoms with Crippen molar-refractivity contribution in [3.8, 4) is 0 Å². The van der Waals surface area contributed by atoms with Gasteiger partial charge in [-0.15, -0.1) is 0 Å². The number of urea groups is 1. The second-order valence-electron chi connectivity index (χ2n) is 2.46. The average molecular weight is 172 g/mol. The second-order valence-corrected chi connectivity index (χ2v) is 2.46. The molecule has 0 unspecified atom stereocenters. The van der Waals surface area contributed by atoms with Gasteiger partial charge in [-0.05, 0) is 6.42 Å². The normalized spacial score (nSPS) is 9.08. The first-order valence-electron chi connectivity index (χ1n) is 4.01. The number of carbonyl (C=O) groups excluding carboxylic acids is 1. The highest BCUT2D eigenvalue weighted by molar-refractivity contribution is 5.78. The minimum Gasteiger partial charge on any atom is -0.388 e. The first kappa shape index (κ1) is 10.7. The third-order valence-corrected chi connectivity index (χ3v) is 1.22. The Morgan fingerprint density at radius 1 is 1.42 bits per heavy atom. The predicted octanol–water partition coefficient (Wildman–Crippen LogP) is 0.0217. The molecule has 0 heterocycles. The molecular weight excluding hydrogens is 156 g/mol. The Morgan fingerprint density at radius 3 is 2.50 bits per heavy atom. The molecule has 0 aliphatic heterocycles. The summed E-state index contributed by atoms with van der Waals surface area (Å²) in [7, 11) is 0. The maximum absolute atomic E-state index is 10.8. The Labute approximate surface area is 72.2 Å². The smallest absolute Gasteiger partial charge is 0.314 e. The van der Waals surface area contributed by atoms with Gasteiger partial charge in [-0.2, -0.15) is 0 Å². The molecule has 0 bridgehead atoms. The van der Waals surface area contributed by atoms with Crippen LogP contribution in [-0.2, 0) is 0 Å². The van der Waals surface area contributed by atoms with E-state index in [1.165, 1.54) is 0 Å². The fourth-order valence-corrected chi connectivity index (χ4v) is 0.612. The zero-order valence-electron chi connectivity index (χ0n) is 7.31. The lowest BCUT2D eigenvalue weighted by molar-refractivity contribution is 0.241. The van der Waals surface area contributed by atoms with Crippen molar-refractivity contribution in [3.63, 3.8) is 0 Å². The van der Waals surface area contributed by atoms with Gasteiger partial charge in [-0.3, -0.25) is 5.41 Å². The number of nitrogens with two attached hydrogens (primary N) is 1. The van der Waals surface area contributed by atoms with E-state index in [9.17, 15) is 4.79 Å². The van der Waals surface area contributed by atoms with Crippen LogP contribution in [0.3, 0.4) is 0 Å². The molecule has 0 saturated carbocycles. The molecule has 2 amide bonds. The number of carbonyl (C=O) groups is 1. The summed E-state index contributed by atoms with van der Waals surface area (Å²) in [6.45, 7) is 3.08. The number of hydrogen-bond donors (Lipinski definition) is 4. The summed E-state index contributed by atoms with van der Waals surface area (Å²) in [5.41, 5.74) is 5.09. The minimum absolute atomic E-state index is 0.0887. The average Bonchev–Trinajstić information content (AvgIpc) is 2.00. The van der Waals surface area contributed by atoms with Crippen LogP contribution in [-0.4, -0.2) is 25.0 Å². The van der Waals surface area contributed by atoms with E-state index in [0.29, 0.717) is 19.5 Å². The lowest BCUT2D eigenvalue weighted by atomic mass is 10.4. The van der Waals surface area contributed by atoms with Crippen molar-refractivity contribution >= 4 is 11.9 Å². The number of nitrogens with one attached hydrogen (secondary N) is 3. The van der Waals surface area contributed by atoms with Gasteiger partial charge >= 0.3 is 6.03 Å². The molecule has 0 fully saturated rings. The van der Waals surface area contributed by atoms with E-state index in [1.807, 2.05) is 6.92 Å². The van der Waals surface area contributed by atoms with Gasteiger partial charge in [-0.25, -0.2) is 4.79 Å². The van der Waals surface area contributed by atoms with E-state index in [2.05, 4.69) is 10.6 Å². The molecule has 0 aromatic heterocycles. The molecule has 0 aliphatic rings. The first-order chi connectivity index (χ1) is 5.66. The van der Waals surface area contributed by atoms with Gasteiger partial charge in [-0.1, -0.05) is 6.92 Å². The molecule has 0 aromatic carbocycles. The quantitative estimate of drug-likeness (QED) is 0.348. The van der Waals surface area contributed by atoms with E-state index in [1.54, 1.807) is 0 Å². The van der Waals surface area contributed by atoms with Crippen LogP contribution in [0.15, 0.2) is 0 Å². The SMILES string of the molecule is CCCNC(=O)NCCC(=N)N. The van der Waals surface area contributed by atoms with Crippen LogP contribution in [0.1, 0.15) is 19.8 Å². The third-order valence-electron chi connectivity index (χ3n) is 1.22. The largest absolute Gasteiger partial charge is 0.388 e. The molecule has 0 aromatic rings. The van der Waals surface area contributed by atoms with Gasteiger partial charge in [0, 0.05) is 19.5 Å². The van der Waals surface area contributed by atoms with Crippen molar-refractivity contribution in [2.75, 3.05) is 13.1 Å². The molecule has 0 rings (SSSR count). The number of amides is 2. The standard InChI is InChI=1S/C7H16N4O/c1-2-4-10-7(12)11-5-3-6(8)9/h2-5H2,1H3,(H3,8,9)(H2,10,11,12). The fourth-order valence-electron chi connectivity index (χ4n) is 0.612. The molecule has 0 radical (unpaired) electrons. The van der Waals surface area contributed by atoms with Crippen molar-refractivity contribution in [2.45, 2.75) is 19.8 Å². The van der Waals surface area contributed by atoms with E-state index < -0.39 is 0 Å². The van der Waals surface area contributed by atoms with Crippen LogP contribution in [0.2, 0.25) is 0 Å². The minimum atomic E-state index is -0.196. The number of hydrogen-bond acceptors (Lipinski definition) is 2. The zero-order chi connectivity index (χ0) is 9.40. The van der Waals surface area contributed by atoms with E-state index in [0.717, 1.165) is 6.42 Å². The highest BCUT2D eigenvalue weighted by Crippen LogP contribution is 1.75. The highest BCUT2D eigenvalue weighted by Gasteiger charge is 1.96. The Balaban J connectivity index is 3.25. The summed E-state index contributed by atoms with van der Waals surface area (Å²) < 4.78 is 0. The monoisotopic (exact) mass is 172 g/mol. The lowest BCUT2D eigenvalue weighted by Gasteiger charge is -2.05. The van der Waals surface area contributed by atoms with Crippen molar-refractivity contribution in [2.24, 2.45) is 5.73 Å². The molecule has 5 nitrogen and oxygen atoms in total. The first-order valence-corrected chi connectivity index (χ1v) is 4.01. The van der Waals surface area contributed by atoms with Gasteiger partial charge < -0.3 is 16.4 Å². The molecule has 0 spiro atoms. The Morgan fingerprint density at radius 2 is 2.00 bits per heavy atom. The van der Waals surface area contributed by atoms with Crippen LogP contribution < -0.4 is 16.4 Å². The summed E-state index contributed by atoms with van der Waals surface area (Å²) in [5.74, 6) is 0.0887. The Kier molecular flexibility index (Phi) is 5.77. The molecule has 5 heteroatoms. The van der Waals surface area contributed by atoms with Crippen LogP contribution in [0.25, 0.3) is 0 Å². The maximum atomic E-state index is 10.8. The third kappa shape index (κ3) is 6.85. The van der Waals surface area contributed by atoms with Crippen LogP contribution in [0.5, 0.6) is 0 Å². The van der Waals surface area contributed by atoms with Gasteiger partial charge in [0.05, 0.1) is 5.84 Å². The van der Waals surface area contributed by atoms with Gasteiger partial charge in [0.15, 0.2) is 0 Å². The van der Waals surface area contributed by atoms with Gasteiger partial charge in [0.25, 0.3) is 0 Å². The number of rotatable bonds is 5.